The summed E-state index contributed by atoms with van der Waals surface area (Å²) in [6.45, 7) is 18.7. The second-order valence-electron chi connectivity index (χ2n) is 14.5. The van der Waals surface area contributed by atoms with Crippen molar-refractivity contribution in [3.8, 4) is 5.75 Å². The Bertz CT molecular complexity index is 1160. The number of likely N-dealkylation sites (tertiary alicyclic amines) is 1. The molecule has 3 amide bonds. The van der Waals surface area contributed by atoms with Gasteiger partial charge in [-0.15, -0.1) is 11.8 Å². The number of carbonyl (C=O) groups excluding carboxylic acids is 3. The van der Waals surface area contributed by atoms with Gasteiger partial charge in [-0.2, -0.15) is 0 Å². The Balaban J connectivity index is 1.71. The summed E-state index contributed by atoms with van der Waals surface area (Å²) in [5.41, 5.74) is 0.132. The summed E-state index contributed by atoms with van der Waals surface area (Å²) in [4.78, 5) is 44.4. The van der Waals surface area contributed by atoms with E-state index in [9.17, 15) is 19.5 Å². The zero-order valence-electron chi connectivity index (χ0n) is 26.2. The topological polar surface area (TPSA) is 108 Å². The number of hydrogen-bond donors (Lipinski definition) is 3. The van der Waals surface area contributed by atoms with E-state index >= 15 is 0 Å². The highest BCUT2D eigenvalue weighted by atomic mass is 32.2. The van der Waals surface area contributed by atoms with E-state index < -0.39 is 39.0 Å². The highest BCUT2D eigenvalue weighted by molar-refractivity contribution is 8.02. The van der Waals surface area contributed by atoms with Gasteiger partial charge in [-0.05, 0) is 82.6 Å². The molecule has 41 heavy (non-hydrogen) atoms. The van der Waals surface area contributed by atoms with Crippen LogP contribution in [0.2, 0.25) is 0 Å². The Hall–Kier alpha value is -2.26. The molecule has 8 nitrogen and oxygen atoms in total. The molecule has 0 saturated carbocycles. The van der Waals surface area contributed by atoms with Crippen molar-refractivity contribution in [1.29, 1.82) is 0 Å². The molecule has 228 valence electrons. The van der Waals surface area contributed by atoms with Crippen LogP contribution in [0.5, 0.6) is 5.75 Å². The number of amides is 3. The van der Waals surface area contributed by atoms with Crippen molar-refractivity contribution in [3.05, 3.63) is 24.3 Å². The van der Waals surface area contributed by atoms with E-state index in [1.807, 2.05) is 46.8 Å². The summed E-state index contributed by atoms with van der Waals surface area (Å²) in [7, 11) is 0. The van der Waals surface area contributed by atoms with E-state index in [1.165, 1.54) is 0 Å². The molecule has 3 fully saturated rings. The summed E-state index contributed by atoms with van der Waals surface area (Å²) in [6.07, 6.45) is 2.16. The van der Waals surface area contributed by atoms with Crippen LogP contribution in [-0.4, -0.2) is 68.1 Å². The lowest BCUT2D eigenvalue weighted by molar-refractivity contribution is -0.144. The van der Waals surface area contributed by atoms with Crippen LogP contribution in [-0.2, 0) is 14.4 Å². The molecular formula is C32H49N3O5S. The van der Waals surface area contributed by atoms with E-state index in [0.717, 1.165) is 18.6 Å². The zero-order chi connectivity index (χ0) is 30.5. The maximum absolute atomic E-state index is 14.4. The van der Waals surface area contributed by atoms with E-state index in [1.54, 1.807) is 28.8 Å². The molecule has 1 aromatic carbocycles. The molecule has 0 aliphatic carbocycles. The molecule has 2 bridgehead atoms. The molecule has 3 saturated heterocycles. The number of aliphatic hydroxyl groups excluding tert-OH is 1. The van der Waals surface area contributed by atoms with Crippen LogP contribution in [0.3, 0.4) is 0 Å². The number of fused-ring (bicyclic) bond motifs is 1. The molecule has 3 aliphatic heterocycles. The number of anilines is 1. The zero-order valence-corrected chi connectivity index (χ0v) is 27.0. The summed E-state index contributed by atoms with van der Waals surface area (Å²) >= 11 is 1.64. The van der Waals surface area contributed by atoms with Gasteiger partial charge in [0.2, 0.25) is 17.7 Å². The van der Waals surface area contributed by atoms with E-state index in [2.05, 4.69) is 38.3 Å². The van der Waals surface area contributed by atoms with Gasteiger partial charge in [0.25, 0.3) is 0 Å². The third-order valence-corrected chi connectivity index (χ3v) is 10.9. The van der Waals surface area contributed by atoms with Crippen molar-refractivity contribution in [2.24, 2.45) is 23.2 Å². The van der Waals surface area contributed by atoms with Crippen LogP contribution in [0.15, 0.2) is 24.3 Å². The van der Waals surface area contributed by atoms with Crippen LogP contribution in [0, 0.1) is 23.2 Å². The standard InChI is InChI=1S/C32H49N3O5S/c1-10-40-21-13-11-20(12-14-21)33-26(37)23-24-28(39)35(22(17-36)19(2)3)25(32(24)16-15-31(23,9)41-32)27(38)34-30(7,8)18-29(4,5)6/h11-14,19,22-25,36H,10,15-18H2,1-9H3,(H,33,37)(H,34,38)/t22-,23+,24-,25?,31-,32?/m0/s1. The molecule has 6 atom stereocenters. The quantitative estimate of drug-likeness (QED) is 0.361. The maximum Gasteiger partial charge on any atom is 0.244 e. The average Bonchev–Trinajstić information content (AvgIpc) is 3.40. The molecular weight excluding hydrogens is 538 g/mol. The summed E-state index contributed by atoms with van der Waals surface area (Å²) in [5.74, 6) is -1.19. The first-order chi connectivity index (χ1) is 19.0. The third kappa shape index (κ3) is 5.85. The molecule has 3 heterocycles. The average molecular weight is 588 g/mol. The number of thioether (sulfide) groups is 1. The van der Waals surface area contributed by atoms with Crippen molar-refractivity contribution in [2.75, 3.05) is 18.5 Å². The minimum atomic E-state index is -0.770. The minimum Gasteiger partial charge on any atom is -0.494 e. The molecule has 3 aliphatic rings. The monoisotopic (exact) mass is 587 g/mol. The van der Waals surface area contributed by atoms with Crippen LogP contribution in [0.25, 0.3) is 0 Å². The minimum absolute atomic E-state index is 0.00750. The Kier molecular flexibility index (Phi) is 8.58. The first kappa shape index (κ1) is 31.7. The lowest BCUT2D eigenvalue weighted by atomic mass is 9.66. The normalized spacial score (nSPS) is 30.0. The summed E-state index contributed by atoms with van der Waals surface area (Å²) in [5, 5.41) is 16.8. The molecule has 9 heteroatoms. The number of rotatable bonds is 10. The first-order valence-electron chi connectivity index (χ1n) is 15.0. The number of ether oxygens (including phenoxy) is 1. The first-order valence-corrected chi connectivity index (χ1v) is 15.8. The molecule has 4 rings (SSSR count). The van der Waals surface area contributed by atoms with E-state index in [-0.39, 0.29) is 35.7 Å². The van der Waals surface area contributed by atoms with Crippen LogP contribution < -0.4 is 15.4 Å². The number of nitrogens with one attached hydrogen (secondary N) is 2. The lowest BCUT2D eigenvalue weighted by Crippen LogP contribution is -2.60. The molecule has 0 aromatic heterocycles. The highest BCUT2D eigenvalue weighted by Gasteiger charge is 2.77. The smallest absolute Gasteiger partial charge is 0.244 e. The number of nitrogens with zero attached hydrogens (tertiary/aromatic N) is 1. The second-order valence-corrected chi connectivity index (χ2v) is 16.4. The molecule has 1 aromatic rings. The third-order valence-electron chi connectivity index (χ3n) is 8.93. The summed E-state index contributed by atoms with van der Waals surface area (Å²) < 4.78 is 4.31. The number of aliphatic hydroxyl groups is 1. The van der Waals surface area contributed by atoms with Crippen LogP contribution >= 0.6 is 11.8 Å². The molecule has 3 N–H and O–H groups in total. The summed E-state index contributed by atoms with van der Waals surface area (Å²) in [6, 6.07) is 5.94. The predicted molar refractivity (Wildman–Crippen MR) is 164 cm³/mol. The molecule has 2 unspecified atom stereocenters. The largest absolute Gasteiger partial charge is 0.494 e. The van der Waals surface area contributed by atoms with Gasteiger partial charge in [-0.25, -0.2) is 0 Å². The van der Waals surface area contributed by atoms with Gasteiger partial charge in [-0.3, -0.25) is 14.4 Å². The van der Waals surface area contributed by atoms with Gasteiger partial charge in [-0.1, -0.05) is 34.6 Å². The van der Waals surface area contributed by atoms with E-state index in [0.29, 0.717) is 18.7 Å². The van der Waals surface area contributed by atoms with Crippen molar-refractivity contribution >= 4 is 35.2 Å². The lowest BCUT2D eigenvalue weighted by Gasteiger charge is -2.41. The van der Waals surface area contributed by atoms with Crippen molar-refractivity contribution in [2.45, 2.75) is 109 Å². The number of benzene rings is 1. The Morgan fingerprint density at radius 3 is 2.29 bits per heavy atom. The van der Waals surface area contributed by atoms with Gasteiger partial charge in [0.05, 0.1) is 35.8 Å². The second kappa shape index (κ2) is 11.1. The van der Waals surface area contributed by atoms with Crippen molar-refractivity contribution < 1.29 is 24.2 Å². The fourth-order valence-electron chi connectivity index (χ4n) is 7.83. The fourth-order valence-corrected chi connectivity index (χ4v) is 10.2. The van der Waals surface area contributed by atoms with Gasteiger partial charge in [0, 0.05) is 16.0 Å². The number of carbonyl (C=O) groups is 3. The van der Waals surface area contributed by atoms with E-state index in [4.69, 9.17) is 4.74 Å². The molecule has 1 spiro atoms. The van der Waals surface area contributed by atoms with Gasteiger partial charge in [0.1, 0.15) is 11.8 Å². The van der Waals surface area contributed by atoms with Crippen LogP contribution in [0.1, 0.15) is 81.6 Å². The Morgan fingerprint density at radius 2 is 1.76 bits per heavy atom. The number of hydrogen-bond acceptors (Lipinski definition) is 6. The van der Waals surface area contributed by atoms with Crippen molar-refractivity contribution in [3.63, 3.8) is 0 Å². The van der Waals surface area contributed by atoms with Gasteiger partial charge >= 0.3 is 0 Å². The predicted octanol–water partition coefficient (Wildman–Crippen LogP) is 4.85. The maximum atomic E-state index is 14.4. The Labute approximate surface area is 249 Å². The van der Waals surface area contributed by atoms with Crippen molar-refractivity contribution in [1.82, 2.24) is 10.2 Å². The Morgan fingerprint density at radius 1 is 1.12 bits per heavy atom. The SMILES string of the molecule is CCOc1ccc(NC(=O)[C@H]2[C@H]3C(=O)N([C@@H](CO)C(C)C)C(C(=O)NC(C)(C)CC(C)(C)C)C34CC[C@]2(C)S4)cc1. The highest BCUT2D eigenvalue weighted by Crippen LogP contribution is 2.71. The van der Waals surface area contributed by atoms with Gasteiger partial charge < -0.3 is 25.4 Å². The van der Waals surface area contributed by atoms with Gasteiger partial charge in [0.15, 0.2) is 0 Å². The van der Waals surface area contributed by atoms with Crippen LogP contribution in [0.4, 0.5) is 5.69 Å². The fraction of sp³-hybridized carbons (Fsp3) is 0.719. The molecule has 0 radical (unpaired) electrons.